The van der Waals surface area contributed by atoms with Gasteiger partial charge in [-0.05, 0) is 80.4 Å². The molecule has 1 aromatic carbocycles. The maximum Gasteiger partial charge on any atom is 0.205 e. The van der Waals surface area contributed by atoms with E-state index in [4.69, 9.17) is 19.9 Å². The number of hydrogen-bond donors (Lipinski definition) is 2. The Kier molecular flexibility index (Phi) is 6.13. The molecule has 7 heteroatoms. The third-order valence-electron chi connectivity index (χ3n) is 10.5. The Morgan fingerprint density at radius 1 is 1.24 bits per heavy atom. The topological polar surface area (TPSA) is 108 Å². The zero-order chi connectivity index (χ0) is 26.9. The van der Waals surface area contributed by atoms with Crippen LogP contribution in [0.15, 0.2) is 48.1 Å². The van der Waals surface area contributed by atoms with Gasteiger partial charge in [0.25, 0.3) is 0 Å². The minimum Gasteiger partial charge on any atom is -0.486 e. The van der Waals surface area contributed by atoms with E-state index in [0.717, 1.165) is 31.3 Å². The Hall–Kier alpha value is -2.48. The number of hydrogen-bond acceptors (Lipinski definition) is 7. The van der Waals surface area contributed by atoms with Gasteiger partial charge in [0.2, 0.25) is 5.78 Å². The van der Waals surface area contributed by atoms with Crippen LogP contribution >= 0.6 is 0 Å². The number of rotatable bonds is 6. The van der Waals surface area contributed by atoms with Crippen molar-refractivity contribution >= 4 is 17.3 Å². The second kappa shape index (κ2) is 9.04. The van der Waals surface area contributed by atoms with E-state index >= 15 is 0 Å². The molecule has 1 heterocycles. The summed E-state index contributed by atoms with van der Waals surface area (Å²) in [7, 11) is 0. The van der Waals surface area contributed by atoms with Gasteiger partial charge in [0.15, 0.2) is 17.7 Å². The van der Waals surface area contributed by atoms with Gasteiger partial charge < -0.3 is 25.1 Å². The minimum absolute atomic E-state index is 0.0200. The third kappa shape index (κ3) is 3.58. The van der Waals surface area contributed by atoms with Crippen molar-refractivity contribution in [3.05, 3.63) is 48.1 Å². The van der Waals surface area contributed by atoms with Crippen molar-refractivity contribution in [1.82, 2.24) is 0 Å². The summed E-state index contributed by atoms with van der Waals surface area (Å²) < 4.78 is 19.1. The Balaban J connectivity index is 1.34. The monoisotopic (exact) mass is 521 g/mol. The van der Waals surface area contributed by atoms with Gasteiger partial charge in [-0.15, -0.1) is 0 Å². The number of ether oxygens (including phenoxy) is 3. The predicted octanol–water partition coefficient (Wildman–Crippen LogP) is 4.39. The smallest absolute Gasteiger partial charge is 0.205 e. The highest BCUT2D eigenvalue weighted by molar-refractivity contribution is 6.01. The zero-order valence-corrected chi connectivity index (χ0v) is 22.5. The molecular weight excluding hydrogens is 482 g/mol. The van der Waals surface area contributed by atoms with Crippen molar-refractivity contribution in [2.24, 2.45) is 28.6 Å². The van der Waals surface area contributed by atoms with E-state index in [9.17, 15) is 14.7 Å². The van der Waals surface area contributed by atoms with Gasteiger partial charge in [-0.3, -0.25) is 9.59 Å². The van der Waals surface area contributed by atoms with Crippen LogP contribution in [0.3, 0.4) is 0 Å². The van der Waals surface area contributed by atoms with Gasteiger partial charge in [0.05, 0.1) is 12.2 Å². The van der Waals surface area contributed by atoms with Crippen LogP contribution in [0.4, 0.5) is 5.69 Å². The van der Waals surface area contributed by atoms with Crippen LogP contribution in [-0.4, -0.2) is 47.4 Å². The number of carbonyl (C=O) groups is 2. The fourth-order valence-corrected chi connectivity index (χ4v) is 8.83. The number of aliphatic hydroxyl groups is 1. The maximum absolute atomic E-state index is 14.2. The van der Waals surface area contributed by atoms with E-state index in [-0.39, 0.29) is 47.4 Å². The van der Waals surface area contributed by atoms with Crippen molar-refractivity contribution in [3.8, 4) is 5.75 Å². The summed E-state index contributed by atoms with van der Waals surface area (Å²) in [5, 5.41) is 11.8. The second-order valence-corrected chi connectivity index (χ2v) is 12.4. The highest BCUT2D eigenvalue weighted by Crippen LogP contribution is 2.69. The van der Waals surface area contributed by atoms with Gasteiger partial charge in [0.1, 0.15) is 12.4 Å². The number of allylic oxidation sites excluding steroid dienone is 4. The van der Waals surface area contributed by atoms with Crippen LogP contribution in [0.25, 0.3) is 0 Å². The molecule has 0 spiro atoms. The number of nitrogen functional groups attached to an aromatic ring is 1. The van der Waals surface area contributed by atoms with Crippen LogP contribution in [0, 0.1) is 28.6 Å². The van der Waals surface area contributed by atoms with Crippen molar-refractivity contribution < 1.29 is 28.9 Å². The Morgan fingerprint density at radius 2 is 2.00 bits per heavy atom. The quantitative estimate of drug-likeness (QED) is 0.535. The van der Waals surface area contributed by atoms with E-state index in [1.54, 1.807) is 36.4 Å². The van der Waals surface area contributed by atoms with Gasteiger partial charge in [-0.2, -0.15) is 0 Å². The number of benzene rings is 1. The summed E-state index contributed by atoms with van der Waals surface area (Å²) in [6.45, 7) is 6.23. The summed E-state index contributed by atoms with van der Waals surface area (Å²) >= 11 is 0. The number of aliphatic hydroxyl groups excluding tert-OH is 1. The van der Waals surface area contributed by atoms with Crippen molar-refractivity contribution in [3.63, 3.8) is 0 Å². The highest BCUT2D eigenvalue weighted by atomic mass is 16.7. The first-order chi connectivity index (χ1) is 18.1. The lowest BCUT2D eigenvalue weighted by Crippen LogP contribution is -2.63. The number of Topliss-reactive ketones (excluding diaryl/α,β-unsaturated/α-hetero) is 1. The molecule has 4 fully saturated rings. The Morgan fingerprint density at radius 3 is 2.74 bits per heavy atom. The molecule has 5 aliphatic rings. The highest BCUT2D eigenvalue weighted by Gasteiger charge is 2.75. The Bertz CT molecular complexity index is 1190. The number of anilines is 1. The summed E-state index contributed by atoms with van der Waals surface area (Å²) in [6, 6.07) is 7.01. The van der Waals surface area contributed by atoms with E-state index in [2.05, 4.69) is 20.8 Å². The van der Waals surface area contributed by atoms with Crippen LogP contribution in [0.2, 0.25) is 0 Å². The van der Waals surface area contributed by atoms with Crippen molar-refractivity contribution in [2.45, 2.75) is 83.4 Å². The maximum atomic E-state index is 14.2. The molecule has 1 unspecified atom stereocenters. The van der Waals surface area contributed by atoms with E-state index in [1.165, 1.54) is 0 Å². The third-order valence-corrected chi connectivity index (χ3v) is 10.5. The second-order valence-electron chi connectivity index (χ2n) is 12.4. The average Bonchev–Trinajstić information content (AvgIpc) is 3.36. The molecule has 6 rings (SSSR count). The number of carbonyl (C=O) groups excluding carboxylic acids is 2. The number of nitrogens with two attached hydrogens (primary N) is 1. The van der Waals surface area contributed by atoms with Crippen molar-refractivity contribution in [2.75, 3.05) is 12.3 Å². The average molecular weight is 522 g/mol. The van der Waals surface area contributed by atoms with Gasteiger partial charge in [-0.25, -0.2) is 0 Å². The molecule has 3 N–H and O–H groups in total. The molecule has 0 amide bonds. The summed E-state index contributed by atoms with van der Waals surface area (Å²) in [5.74, 6) is 0.789. The normalized spacial score (nSPS) is 43.1. The van der Waals surface area contributed by atoms with Gasteiger partial charge >= 0.3 is 0 Å². The molecule has 7 nitrogen and oxygen atoms in total. The molecule has 0 bridgehead atoms. The largest absolute Gasteiger partial charge is 0.486 e. The van der Waals surface area contributed by atoms with Crippen molar-refractivity contribution in [1.29, 1.82) is 0 Å². The predicted molar refractivity (Wildman–Crippen MR) is 142 cm³/mol. The lowest BCUT2D eigenvalue weighted by atomic mass is 9.46. The van der Waals surface area contributed by atoms with Gasteiger partial charge in [0, 0.05) is 22.4 Å². The Labute approximate surface area is 224 Å². The standard InChI is InChI=1S/C31H39NO6/c1-4-5-27-37-26-15-23-22-11-6-18-14-20(33)12-13-29(18,2)28(22)24(34)16-30(23,3)31(26,38-27)25(35)17-36-21-9-7-19(32)8-10-21/h7-10,12-14,22-24,26-28,34H,4-6,11,15-17,32H2,1-3H3/t22?,23-,24-,26+,27-,28+,29-,30-,31+/m0/s1. The fourth-order valence-electron chi connectivity index (χ4n) is 8.83. The molecule has 1 aromatic rings. The molecule has 9 atom stereocenters. The lowest BCUT2D eigenvalue weighted by Gasteiger charge is -2.59. The minimum atomic E-state index is -1.17. The van der Waals surface area contributed by atoms with Crippen LogP contribution in [-0.2, 0) is 19.1 Å². The number of fused-ring (bicyclic) bond motifs is 7. The first-order valence-corrected chi connectivity index (χ1v) is 14.1. The van der Waals surface area contributed by atoms with E-state index in [1.807, 2.05) is 6.08 Å². The van der Waals surface area contributed by atoms with Crippen LogP contribution in [0.1, 0.15) is 59.3 Å². The molecule has 4 aliphatic carbocycles. The molecular formula is C31H39NO6. The first kappa shape index (κ1) is 25.8. The van der Waals surface area contributed by atoms with E-state index in [0.29, 0.717) is 24.3 Å². The van der Waals surface area contributed by atoms with Crippen LogP contribution in [0.5, 0.6) is 5.75 Å². The SMILES string of the molecule is CCC[C@H]1O[C@@H]2C[C@H]3C4CCC5=CC(=O)C=C[C@]5(C)[C@H]4[C@@H](O)C[C@]3(C)[C@]2(C(=O)COc2ccc(N)cc2)O1. The zero-order valence-electron chi connectivity index (χ0n) is 22.5. The fraction of sp³-hybridized carbons (Fsp3) is 0.613. The summed E-state index contributed by atoms with van der Waals surface area (Å²) in [5.41, 5.74) is 5.41. The van der Waals surface area contributed by atoms with Crippen LogP contribution < -0.4 is 10.5 Å². The molecule has 1 aliphatic heterocycles. The first-order valence-electron chi connectivity index (χ1n) is 14.1. The molecule has 0 radical (unpaired) electrons. The molecule has 204 valence electrons. The van der Waals surface area contributed by atoms with E-state index < -0.39 is 23.4 Å². The molecule has 1 saturated heterocycles. The molecule has 38 heavy (non-hydrogen) atoms. The molecule has 3 saturated carbocycles. The molecule has 0 aromatic heterocycles. The van der Waals surface area contributed by atoms with Gasteiger partial charge in [-0.1, -0.05) is 38.8 Å². The summed E-state index contributed by atoms with van der Waals surface area (Å²) in [6.07, 6.45) is 8.42. The number of ketones is 2. The lowest BCUT2D eigenvalue weighted by molar-refractivity contribution is -0.200. The summed E-state index contributed by atoms with van der Waals surface area (Å²) in [4.78, 5) is 26.3.